The van der Waals surface area contributed by atoms with Crippen molar-refractivity contribution in [1.29, 1.82) is 5.26 Å². The summed E-state index contributed by atoms with van der Waals surface area (Å²) in [6.07, 6.45) is 5.50. The Kier molecular flexibility index (Phi) is 7.07. The summed E-state index contributed by atoms with van der Waals surface area (Å²) in [6, 6.07) is 11.8. The van der Waals surface area contributed by atoms with Crippen molar-refractivity contribution >= 4 is 11.8 Å². The van der Waals surface area contributed by atoms with Gasteiger partial charge in [0.25, 0.3) is 0 Å². The molecule has 1 heterocycles. The lowest BCUT2D eigenvalue weighted by Crippen LogP contribution is -2.27. The monoisotopic (exact) mass is 393 g/mol. The maximum atomic E-state index is 11.0. The largest absolute Gasteiger partial charge is 0.494 e. The third kappa shape index (κ3) is 5.47. The first-order valence-electron chi connectivity index (χ1n) is 10.2. The number of nitrogens with zero attached hydrogens (tertiary/aromatic N) is 3. The normalized spacial score (nSPS) is 14.8. The molecule has 0 saturated heterocycles. The lowest BCUT2D eigenvalue weighted by molar-refractivity contribution is -0.137. The summed E-state index contributed by atoms with van der Waals surface area (Å²) in [4.78, 5) is 17.6. The number of carboxylic acids is 1. The molecule has 29 heavy (non-hydrogen) atoms. The van der Waals surface area contributed by atoms with Crippen LogP contribution in [-0.4, -0.2) is 35.8 Å². The minimum atomic E-state index is -0.739. The summed E-state index contributed by atoms with van der Waals surface area (Å²) < 4.78 is 5.94. The van der Waals surface area contributed by atoms with Gasteiger partial charge in [-0.2, -0.15) is 5.26 Å². The van der Waals surface area contributed by atoms with E-state index >= 15 is 0 Å². The lowest BCUT2D eigenvalue weighted by Gasteiger charge is -2.23. The van der Waals surface area contributed by atoms with E-state index in [1.807, 2.05) is 18.2 Å². The molecule has 0 spiro atoms. The summed E-state index contributed by atoms with van der Waals surface area (Å²) in [6.45, 7) is 4.48. The fourth-order valence-electron chi connectivity index (χ4n) is 3.89. The summed E-state index contributed by atoms with van der Waals surface area (Å²) in [5.41, 5.74) is 2.93. The number of hydrogen-bond acceptors (Lipinski definition) is 5. The molecule has 1 aromatic carbocycles. The zero-order valence-corrected chi connectivity index (χ0v) is 16.8. The van der Waals surface area contributed by atoms with E-state index in [1.165, 1.54) is 5.56 Å². The number of hydrogen-bond donors (Lipinski definition) is 1. The molecule has 1 aromatic heterocycles. The number of carbonyl (C=O) groups is 1. The summed E-state index contributed by atoms with van der Waals surface area (Å²) in [7, 11) is 0. The summed E-state index contributed by atoms with van der Waals surface area (Å²) in [5, 5.41) is 18.0. The minimum absolute atomic E-state index is 0.124. The summed E-state index contributed by atoms with van der Waals surface area (Å²) in [5.74, 6) is 1.11. The second-order valence-corrected chi connectivity index (χ2v) is 7.40. The number of benzene rings is 1. The molecular formula is C23H27N3O3. The number of aliphatic carboxylic acids is 1. The van der Waals surface area contributed by atoms with Crippen molar-refractivity contribution in [3.8, 4) is 11.8 Å². The third-order valence-corrected chi connectivity index (χ3v) is 5.27. The number of anilines is 1. The van der Waals surface area contributed by atoms with E-state index in [0.717, 1.165) is 55.9 Å². The van der Waals surface area contributed by atoms with E-state index in [4.69, 9.17) is 15.1 Å². The van der Waals surface area contributed by atoms with Gasteiger partial charge in [0, 0.05) is 19.3 Å². The van der Waals surface area contributed by atoms with Crippen molar-refractivity contribution in [3.05, 3.63) is 53.2 Å². The fraction of sp³-hybridized carbons (Fsp3) is 0.435. The Morgan fingerprint density at radius 3 is 2.90 bits per heavy atom. The van der Waals surface area contributed by atoms with Crippen LogP contribution in [0.5, 0.6) is 5.75 Å². The Hall–Kier alpha value is -3.07. The summed E-state index contributed by atoms with van der Waals surface area (Å²) >= 11 is 0. The minimum Gasteiger partial charge on any atom is -0.494 e. The van der Waals surface area contributed by atoms with Gasteiger partial charge in [-0.3, -0.25) is 4.79 Å². The SMILES string of the molecule is CCCN(CCCOc1ccc2c(c1)CC[C@H]2CC(=O)O)c1ccc(C#N)cn1. The van der Waals surface area contributed by atoms with Gasteiger partial charge >= 0.3 is 5.97 Å². The van der Waals surface area contributed by atoms with Crippen molar-refractivity contribution in [2.24, 2.45) is 0 Å². The van der Waals surface area contributed by atoms with Crippen LogP contribution in [0.1, 0.15) is 55.2 Å². The Morgan fingerprint density at radius 1 is 1.34 bits per heavy atom. The number of carboxylic acid groups (broad SMARTS) is 1. The van der Waals surface area contributed by atoms with E-state index in [9.17, 15) is 4.79 Å². The Balaban J connectivity index is 1.51. The number of rotatable bonds is 10. The van der Waals surface area contributed by atoms with Gasteiger partial charge in [-0.25, -0.2) is 4.98 Å². The van der Waals surface area contributed by atoms with Crippen LogP contribution in [0.3, 0.4) is 0 Å². The average Bonchev–Trinajstić information content (AvgIpc) is 3.12. The van der Waals surface area contributed by atoms with Crippen LogP contribution >= 0.6 is 0 Å². The molecule has 0 aliphatic heterocycles. The molecule has 3 rings (SSSR count). The maximum absolute atomic E-state index is 11.0. The highest BCUT2D eigenvalue weighted by Crippen LogP contribution is 2.37. The van der Waals surface area contributed by atoms with E-state index in [1.54, 1.807) is 12.3 Å². The van der Waals surface area contributed by atoms with Gasteiger partial charge in [-0.15, -0.1) is 0 Å². The molecule has 152 valence electrons. The van der Waals surface area contributed by atoms with Gasteiger partial charge in [0.15, 0.2) is 0 Å². The topological polar surface area (TPSA) is 86.5 Å². The number of pyridine rings is 1. The maximum Gasteiger partial charge on any atom is 0.303 e. The molecule has 2 aromatic rings. The van der Waals surface area contributed by atoms with Crippen LogP contribution in [0, 0.1) is 11.3 Å². The molecule has 1 aliphatic carbocycles. The van der Waals surface area contributed by atoms with Crippen LogP contribution in [0.2, 0.25) is 0 Å². The van der Waals surface area contributed by atoms with Crippen LogP contribution in [0.25, 0.3) is 0 Å². The smallest absolute Gasteiger partial charge is 0.303 e. The molecule has 0 fully saturated rings. The molecule has 6 heteroatoms. The van der Waals surface area contributed by atoms with Crippen molar-refractivity contribution < 1.29 is 14.6 Å². The zero-order chi connectivity index (χ0) is 20.6. The molecular weight excluding hydrogens is 366 g/mol. The lowest BCUT2D eigenvalue weighted by atomic mass is 9.98. The molecule has 0 saturated carbocycles. The standard InChI is InChI=1S/C23H27N3O3/c1-2-10-26(22-9-4-17(15-24)16-25-22)11-3-12-29-20-7-8-21-18(13-20)5-6-19(21)14-23(27)28/h4,7-9,13,16,19H,2-3,5-6,10-12,14H2,1H3,(H,27,28)/t19-/m0/s1. The van der Waals surface area contributed by atoms with Crippen LogP contribution in [-0.2, 0) is 11.2 Å². The molecule has 0 radical (unpaired) electrons. The first-order valence-corrected chi connectivity index (χ1v) is 10.2. The second kappa shape index (κ2) is 9.92. The van der Waals surface area contributed by atoms with Crippen LogP contribution in [0.4, 0.5) is 5.82 Å². The van der Waals surface area contributed by atoms with Gasteiger partial charge < -0.3 is 14.7 Å². The van der Waals surface area contributed by atoms with Gasteiger partial charge in [0.1, 0.15) is 17.6 Å². The molecule has 0 bridgehead atoms. The number of aromatic nitrogens is 1. The van der Waals surface area contributed by atoms with Gasteiger partial charge in [-0.1, -0.05) is 13.0 Å². The first-order chi connectivity index (χ1) is 14.1. The molecule has 1 atom stereocenters. The average molecular weight is 393 g/mol. The highest BCUT2D eigenvalue weighted by Gasteiger charge is 2.24. The quantitative estimate of drug-likeness (QED) is 0.611. The van der Waals surface area contributed by atoms with Crippen LogP contribution < -0.4 is 9.64 Å². The predicted octanol–water partition coefficient (Wildman–Crippen LogP) is 4.14. The highest BCUT2D eigenvalue weighted by atomic mass is 16.5. The van der Waals surface area contributed by atoms with Crippen molar-refractivity contribution in [2.45, 2.75) is 44.9 Å². The van der Waals surface area contributed by atoms with Gasteiger partial charge in [-0.05, 0) is 67.0 Å². The highest BCUT2D eigenvalue weighted by molar-refractivity contribution is 5.68. The van der Waals surface area contributed by atoms with E-state index < -0.39 is 5.97 Å². The fourth-order valence-corrected chi connectivity index (χ4v) is 3.89. The number of aryl methyl sites for hydroxylation is 1. The van der Waals surface area contributed by atoms with Crippen molar-refractivity contribution in [1.82, 2.24) is 4.98 Å². The van der Waals surface area contributed by atoms with Gasteiger partial charge in [0.05, 0.1) is 18.6 Å². The Labute approximate surface area is 171 Å². The Bertz CT molecular complexity index is 874. The van der Waals surface area contributed by atoms with E-state index in [0.29, 0.717) is 12.2 Å². The molecule has 1 aliphatic rings. The number of fused-ring (bicyclic) bond motifs is 1. The Morgan fingerprint density at radius 2 is 2.21 bits per heavy atom. The number of nitriles is 1. The van der Waals surface area contributed by atoms with Crippen molar-refractivity contribution in [2.75, 3.05) is 24.6 Å². The predicted molar refractivity (Wildman–Crippen MR) is 111 cm³/mol. The molecule has 1 N–H and O–H groups in total. The van der Waals surface area contributed by atoms with E-state index in [2.05, 4.69) is 28.9 Å². The van der Waals surface area contributed by atoms with Crippen molar-refractivity contribution in [3.63, 3.8) is 0 Å². The van der Waals surface area contributed by atoms with Gasteiger partial charge in [0.2, 0.25) is 0 Å². The molecule has 0 unspecified atom stereocenters. The molecule has 6 nitrogen and oxygen atoms in total. The van der Waals surface area contributed by atoms with Crippen LogP contribution in [0.15, 0.2) is 36.5 Å². The second-order valence-electron chi connectivity index (χ2n) is 7.40. The third-order valence-electron chi connectivity index (χ3n) is 5.27. The van der Waals surface area contributed by atoms with E-state index in [-0.39, 0.29) is 12.3 Å². The number of ether oxygens (including phenoxy) is 1. The first kappa shape index (κ1) is 20.7. The zero-order valence-electron chi connectivity index (χ0n) is 16.8. The molecule has 0 amide bonds.